The van der Waals surface area contributed by atoms with E-state index in [1.165, 1.54) is 33.4 Å². The number of nitrogens with zero attached hydrogens (tertiary/aromatic N) is 1. The highest BCUT2D eigenvalue weighted by Crippen LogP contribution is 2.45. The molecule has 3 unspecified atom stereocenters. The number of β-amino-alcohol motifs (C(OH)–C–C–N with tert-alkyl or cyclic N) is 1. The second-order valence-corrected chi connectivity index (χ2v) is 15.7. The van der Waals surface area contributed by atoms with Crippen LogP contribution < -0.4 is 0 Å². The van der Waals surface area contributed by atoms with E-state index in [4.69, 9.17) is 32.7 Å². The molecule has 0 saturated carbocycles. The van der Waals surface area contributed by atoms with Gasteiger partial charge in [0.15, 0.2) is 0 Å². The summed E-state index contributed by atoms with van der Waals surface area (Å²) in [5.41, 5.74) is 13.5. The Labute approximate surface area is 330 Å². The maximum atomic E-state index is 12.0. The Morgan fingerprint density at radius 1 is 0.778 bits per heavy atom. The summed E-state index contributed by atoms with van der Waals surface area (Å²) in [6, 6.07) is 21.1. The van der Waals surface area contributed by atoms with Crippen molar-refractivity contribution in [3.8, 4) is 33.4 Å². The van der Waals surface area contributed by atoms with Gasteiger partial charge in [0.1, 0.15) is 0 Å². The van der Waals surface area contributed by atoms with Crippen LogP contribution in [-0.4, -0.2) is 59.6 Å². The minimum absolute atomic E-state index is 0.0326. The molecule has 2 N–H and O–H groups in total. The molecule has 0 spiro atoms. The first kappa shape index (κ1) is 40.0. The Kier molecular flexibility index (Phi) is 13.2. The van der Waals surface area contributed by atoms with Crippen LogP contribution in [0.1, 0.15) is 72.9 Å². The number of ether oxygens (including phenoxy) is 2. The van der Waals surface area contributed by atoms with Crippen LogP contribution >= 0.6 is 23.2 Å². The molecule has 8 heteroatoms. The van der Waals surface area contributed by atoms with Crippen LogP contribution in [-0.2, 0) is 40.1 Å². The van der Waals surface area contributed by atoms with Crippen LogP contribution in [0, 0.1) is 19.8 Å². The van der Waals surface area contributed by atoms with Gasteiger partial charge in [-0.2, -0.15) is 0 Å². The maximum Gasteiger partial charge on any atom is 0.308 e. The molecular weight excluding hydrogens is 717 g/mol. The number of halogens is 2. The van der Waals surface area contributed by atoms with E-state index in [-0.39, 0.29) is 18.3 Å². The van der Waals surface area contributed by atoms with Crippen LogP contribution in [0.4, 0.5) is 0 Å². The van der Waals surface area contributed by atoms with Crippen molar-refractivity contribution in [3.63, 3.8) is 0 Å². The first-order valence-corrected chi connectivity index (χ1v) is 20.1. The number of aliphatic hydroxyl groups excluding tert-OH is 2. The highest BCUT2D eigenvalue weighted by Gasteiger charge is 2.27. The van der Waals surface area contributed by atoms with E-state index in [1.54, 1.807) is 6.92 Å². The fourth-order valence-corrected chi connectivity index (χ4v) is 9.19. The molecule has 4 aromatic carbocycles. The Morgan fingerprint density at radius 2 is 1.33 bits per heavy atom. The van der Waals surface area contributed by atoms with Crippen molar-refractivity contribution in [2.75, 3.05) is 26.3 Å². The summed E-state index contributed by atoms with van der Waals surface area (Å²) < 4.78 is 10.5. The van der Waals surface area contributed by atoms with Gasteiger partial charge in [0.05, 0.1) is 47.6 Å². The predicted molar refractivity (Wildman–Crippen MR) is 220 cm³/mol. The van der Waals surface area contributed by atoms with Crippen molar-refractivity contribution in [2.45, 2.75) is 91.4 Å². The maximum absolute atomic E-state index is 12.0. The second kappa shape index (κ2) is 17.9. The molecule has 0 amide bonds. The molecule has 1 aliphatic carbocycles. The lowest BCUT2D eigenvalue weighted by molar-refractivity contribution is -0.145. The predicted octanol–water partition coefficient (Wildman–Crippen LogP) is 10.1. The number of fused-ring (bicyclic) bond motifs is 2. The standard InChI is InChI=1S/C46H53Cl2NO5/c1-6-53-28(3)22-35(51)26-49-21-20-33-17-19-37(30(5)43(33)27-49)39-11-9-13-41(46(39)48)40-12-8-10-38(45(40)47)36-18-16-32-15-14-31(24-42(32)29(36)4)23-34(50)25-44(52)54-7-2/h8-13,16-19,31,34-35,50-51H,3,6-7,14-15,20-27H2,1-2,4-5H3. The van der Waals surface area contributed by atoms with Crippen molar-refractivity contribution in [1.29, 1.82) is 0 Å². The molecule has 286 valence electrons. The third-order valence-corrected chi connectivity index (χ3v) is 12.1. The number of benzene rings is 4. The average Bonchev–Trinajstić information content (AvgIpc) is 3.13. The SMILES string of the molecule is C=C(CC(O)CN1CCc2ccc(-c3cccc(-c4cccc(-c5ccc6c(c5C)CC(CC(O)CC(=O)OCC)CC6)c4Cl)c3Cl)c(C)c2C1)OCC. The van der Waals surface area contributed by atoms with E-state index < -0.39 is 12.2 Å². The molecule has 2 aliphatic rings. The fourth-order valence-electron chi connectivity index (χ4n) is 8.54. The number of aliphatic hydroxyl groups is 2. The van der Waals surface area contributed by atoms with Crippen molar-refractivity contribution >= 4 is 29.2 Å². The zero-order valence-corrected chi connectivity index (χ0v) is 33.5. The quantitative estimate of drug-likeness (QED) is 0.0982. The Balaban J connectivity index is 1.25. The lowest BCUT2D eigenvalue weighted by Gasteiger charge is -2.32. The van der Waals surface area contributed by atoms with Gasteiger partial charge < -0.3 is 19.7 Å². The van der Waals surface area contributed by atoms with Crippen molar-refractivity contribution in [3.05, 3.63) is 116 Å². The summed E-state index contributed by atoms with van der Waals surface area (Å²) in [5.74, 6) is 0.555. The zero-order valence-electron chi connectivity index (χ0n) is 32.0. The van der Waals surface area contributed by atoms with Crippen LogP contribution in [0.5, 0.6) is 0 Å². The molecule has 1 heterocycles. The van der Waals surface area contributed by atoms with E-state index in [9.17, 15) is 15.0 Å². The number of carbonyl (C=O) groups excluding carboxylic acids is 1. The highest BCUT2D eigenvalue weighted by molar-refractivity contribution is 6.39. The summed E-state index contributed by atoms with van der Waals surface area (Å²) in [4.78, 5) is 14.3. The number of aryl methyl sites for hydroxylation is 1. The van der Waals surface area contributed by atoms with E-state index in [0.29, 0.717) is 48.4 Å². The summed E-state index contributed by atoms with van der Waals surface area (Å²) >= 11 is 14.7. The molecule has 0 saturated heterocycles. The van der Waals surface area contributed by atoms with Gasteiger partial charge in [0.25, 0.3) is 0 Å². The zero-order chi connectivity index (χ0) is 38.5. The first-order chi connectivity index (χ1) is 26.0. The lowest BCUT2D eigenvalue weighted by atomic mass is 9.77. The normalized spacial score (nSPS) is 16.6. The van der Waals surface area contributed by atoms with Crippen molar-refractivity contribution in [2.24, 2.45) is 5.92 Å². The van der Waals surface area contributed by atoms with Crippen molar-refractivity contribution < 1.29 is 24.5 Å². The van der Waals surface area contributed by atoms with Gasteiger partial charge >= 0.3 is 5.97 Å². The molecule has 0 fully saturated rings. The summed E-state index contributed by atoms with van der Waals surface area (Å²) in [6.45, 7) is 15.1. The fraction of sp³-hybridized carbons (Fsp3) is 0.413. The summed E-state index contributed by atoms with van der Waals surface area (Å²) in [6.07, 6.45) is 3.48. The first-order valence-electron chi connectivity index (χ1n) is 19.3. The average molecular weight is 771 g/mol. The van der Waals surface area contributed by atoms with Gasteiger partial charge in [-0.05, 0) is 110 Å². The van der Waals surface area contributed by atoms with Gasteiger partial charge in [0, 0.05) is 48.3 Å². The number of carbonyl (C=O) groups is 1. The molecule has 0 bridgehead atoms. The number of hydrogen-bond acceptors (Lipinski definition) is 6. The van der Waals surface area contributed by atoms with E-state index in [0.717, 1.165) is 72.2 Å². The van der Waals surface area contributed by atoms with Gasteiger partial charge in [-0.15, -0.1) is 0 Å². The van der Waals surface area contributed by atoms with Gasteiger partial charge in [-0.1, -0.05) is 90.4 Å². The van der Waals surface area contributed by atoms with Gasteiger partial charge in [-0.25, -0.2) is 0 Å². The third kappa shape index (κ3) is 8.90. The monoisotopic (exact) mass is 769 g/mol. The molecule has 54 heavy (non-hydrogen) atoms. The minimum atomic E-state index is -0.707. The molecule has 4 aromatic rings. The molecule has 3 atom stereocenters. The Morgan fingerprint density at radius 3 is 1.93 bits per heavy atom. The number of rotatable bonds is 14. The van der Waals surface area contributed by atoms with E-state index >= 15 is 0 Å². The third-order valence-electron chi connectivity index (χ3n) is 11.2. The minimum Gasteiger partial charge on any atom is -0.499 e. The molecule has 6 rings (SSSR count). The lowest BCUT2D eigenvalue weighted by Crippen LogP contribution is -2.37. The van der Waals surface area contributed by atoms with Crippen LogP contribution in [0.25, 0.3) is 33.4 Å². The smallest absolute Gasteiger partial charge is 0.308 e. The second-order valence-electron chi connectivity index (χ2n) is 14.9. The van der Waals surface area contributed by atoms with E-state index in [2.05, 4.69) is 61.7 Å². The molecular formula is C46H53Cl2NO5. The summed E-state index contributed by atoms with van der Waals surface area (Å²) in [7, 11) is 0. The Hall–Kier alpha value is -3.65. The van der Waals surface area contributed by atoms with Crippen LogP contribution in [0.2, 0.25) is 10.0 Å². The summed E-state index contributed by atoms with van der Waals surface area (Å²) in [5, 5.41) is 22.7. The highest BCUT2D eigenvalue weighted by atomic mass is 35.5. The molecule has 0 radical (unpaired) electrons. The molecule has 0 aromatic heterocycles. The topological polar surface area (TPSA) is 79.2 Å². The van der Waals surface area contributed by atoms with Gasteiger partial charge in [-0.3, -0.25) is 9.69 Å². The van der Waals surface area contributed by atoms with Crippen molar-refractivity contribution in [1.82, 2.24) is 4.90 Å². The Bertz CT molecular complexity index is 1860. The number of hydrogen-bond donors (Lipinski definition) is 2. The largest absolute Gasteiger partial charge is 0.499 e. The van der Waals surface area contributed by atoms with Crippen LogP contribution in [0.3, 0.4) is 0 Å². The molecule has 1 aliphatic heterocycles. The number of esters is 1. The van der Waals surface area contributed by atoms with E-state index in [1.807, 2.05) is 31.2 Å². The van der Waals surface area contributed by atoms with Gasteiger partial charge in [0.2, 0.25) is 0 Å². The molecule has 6 nitrogen and oxygen atoms in total. The van der Waals surface area contributed by atoms with Crippen LogP contribution in [0.15, 0.2) is 73.0 Å².